The molecule has 0 radical (unpaired) electrons. The predicted octanol–water partition coefficient (Wildman–Crippen LogP) is 1.80. The molecule has 3 rings (SSSR count). The van der Waals surface area contributed by atoms with E-state index in [0.29, 0.717) is 12.0 Å². The molecule has 0 saturated heterocycles. The van der Waals surface area contributed by atoms with Gasteiger partial charge in [0.1, 0.15) is 0 Å². The van der Waals surface area contributed by atoms with Crippen LogP contribution in [0.2, 0.25) is 0 Å². The molecular weight excluding hydrogens is 236 g/mol. The Morgan fingerprint density at radius 1 is 1.37 bits per heavy atom. The third-order valence-corrected chi connectivity index (χ3v) is 4.94. The van der Waals surface area contributed by atoms with Crippen LogP contribution >= 0.6 is 0 Å². The van der Waals surface area contributed by atoms with Crippen LogP contribution in [0.4, 0.5) is 5.69 Å². The molecule has 104 valence electrons. The number of anilines is 1. The molecule has 0 amide bonds. The van der Waals surface area contributed by atoms with Crippen LogP contribution in [0.3, 0.4) is 0 Å². The predicted molar refractivity (Wildman–Crippen MR) is 78.6 cm³/mol. The molecule has 2 atom stereocenters. The zero-order valence-corrected chi connectivity index (χ0v) is 11.9. The Labute approximate surface area is 115 Å². The molecule has 0 bridgehead atoms. The Balaban J connectivity index is 1.86. The Hall–Kier alpha value is -1.06. The Morgan fingerprint density at radius 2 is 2.11 bits per heavy atom. The highest BCUT2D eigenvalue weighted by Crippen LogP contribution is 2.42. The minimum absolute atomic E-state index is 0.133. The summed E-state index contributed by atoms with van der Waals surface area (Å²) in [6.07, 6.45) is 3.60. The summed E-state index contributed by atoms with van der Waals surface area (Å²) in [6.45, 7) is 3.41. The fourth-order valence-electron chi connectivity index (χ4n) is 3.48. The van der Waals surface area contributed by atoms with Gasteiger partial charge in [0.15, 0.2) is 0 Å². The molecule has 19 heavy (non-hydrogen) atoms. The number of hydrogen-bond donors (Lipinski definition) is 2. The summed E-state index contributed by atoms with van der Waals surface area (Å²) in [5.74, 6) is 0.627. The summed E-state index contributed by atoms with van der Waals surface area (Å²) in [4.78, 5) is 2.47. The van der Waals surface area contributed by atoms with Crippen LogP contribution in [0.25, 0.3) is 0 Å². The summed E-state index contributed by atoms with van der Waals surface area (Å²) in [5, 5.41) is 13.3. The van der Waals surface area contributed by atoms with Crippen molar-refractivity contribution < 1.29 is 5.11 Å². The zero-order chi connectivity index (χ0) is 13.5. The van der Waals surface area contributed by atoms with E-state index in [9.17, 15) is 5.11 Å². The molecule has 1 aromatic rings. The van der Waals surface area contributed by atoms with E-state index in [1.54, 1.807) is 0 Å². The maximum absolute atomic E-state index is 9.89. The van der Waals surface area contributed by atoms with Gasteiger partial charge in [-0.3, -0.25) is 0 Å². The third-order valence-electron chi connectivity index (χ3n) is 4.94. The van der Waals surface area contributed by atoms with Crippen molar-refractivity contribution in [2.75, 3.05) is 25.1 Å². The fraction of sp³-hybridized carbons (Fsp3) is 0.625. The van der Waals surface area contributed by atoms with Crippen molar-refractivity contribution in [1.29, 1.82) is 0 Å². The average molecular weight is 260 g/mol. The molecule has 1 aromatic carbocycles. The average Bonchev–Trinajstić information content (AvgIpc) is 3.23. The number of hydrogen-bond acceptors (Lipinski definition) is 3. The highest BCUT2D eigenvalue weighted by atomic mass is 16.3. The van der Waals surface area contributed by atoms with Crippen molar-refractivity contribution in [3.05, 3.63) is 29.8 Å². The lowest BCUT2D eigenvalue weighted by atomic mass is 9.93. The van der Waals surface area contributed by atoms with Crippen LogP contribution < -0.4 is 10.2 Å². The molecule has 0 aromatic heterocycles. The molecule has 1 aliphatic carbocycles. The van der Waals surface area contributed by atoms with Gasteiger partial charge in [0, 0.05) is 18.3 Å². The first-order valence-electron chi connectivity index (χ1n) is 7.34. The van der Waals surface area contributed by atoms with Crippen LogP contribution in [0.15, 0.2) is 24.3 Å². The number of nitrogens with zero attached hydrogens (tertiary/aromatic N) is 1. The highest BCUT2D eigenvalue weighted by Gasteiger charge is 2.46. The monoisotopic (exact) mass is 260 g/mol. The Bertz CT molecular complexity index is 452. The second kappa shape index (κ2) is 4.80. The van der Waals surface area contributed by atoms with Crippen molar-refractivity contribution in [3.8, 4) is 0 Å². The van der Waals surface area contributed by atoms with Crippen molar-refractivity contribution >= 4 is 5.69 Å². The smallest absolute Gasteiger partial charge is 0.0633 e. The van der Waals surface area contributed by atoms with Crippen LogP contribution in [0, 0.1) is 5.92 Å². The van der Waals surface area contributed by atoms with Crippen molar-refractivity contribution in [2.24, 2.45) is 5.92 Å². The second-order valence-corrected chi connectivity index (χ2v) is 6.15. The molecule has 2 aliphatic rings. The van der Waals surface area contributed by atoms with Gasteiger partial charge in [0.2, 0.25) is 0 Å². The van der Waals surface area contributed by atoms with Crippen molar-refractivity contribution in [1.82, 2.24) is 5.32 Å². The van der Waals surface area contributed by atoms with Gasteiger partial charge in [-0.15, -0.1) is 0 Å². The topological polar surface area (TPSA) is 35.5 Å². The summed E-state index contributed by atoms with van der Waals surface area (Å²) < 4.78 is 0. The van der Waals surface area contributed by atoms with E-state index in [1.807, 2.05) is 7.05 Å². The molecule has 1 aliphatic heterocycles. The van der Waals surface area contributed by atoms with Gasteiger partial charge in [-0.25, -0.2) is 0 Å². The SMILES string of the molecule is CNC(CO)(CN1c2ccccc2CC1C)C1CC1. The lowest BCUT2D eigenvalue weighted by Crippen LogP contribution is -2.57. The standard InChI is InChI=1S/C16H24N2O/c1-12-9-13-5-3-4-6-15(13)18(12)10-16(11-19,17-2)14-7-8-14/h3-6,12,14,17,19H,7-11H2,1-2H3. The van der Waals surface area contributed by atoms with Crippen LogP contribution in [0.5, 0.6) is 0 Å². The van der Waals surface area contributed by atoms with E-state index in [0.717, 1.165) is 13.0 Å². The van der Waals surface area contributed by atoms with Gasteiger partial charge in [-0.05, 0) is 50.8 Å². The van der Waals surface area contributed by atoms with E-state index in [2.05, 4.69) is 41.4 Å². The van der Waals surface area contributed by atoms with Gasteiger partial charge >= 0.3 is 0 Å². The highest BCUT2D eigenvalue weighted by molar-refractivity contribution is 5.59. The van der Waals surface area contributed by atoms with Gasteiger partial charge in [-0.1, -0.05) is 18.2 Å². The fourth-order valence-corrected chi connectivity index (χ4v) is 3.48. The van der Waals surface area contributed by atoms with E-state index < -0.39 is 0 Å². The summed E-state index contributed by atoms with van der Waals surface area (Å²) in [6, 6.07) is 9.19. The Kier molecular flexibility index (Phi) is 3.27. The zero-order valence-electron chi connectivity index (χ0n) is 11.9. The number of fused-ring (bicyclic) bond motifs is 1. The second-order valence-electron chi connectivity index (χ2n) is 6.15. The minimum atomic E-state index is -0.133. The maximum Gasteiger partial charge on any atom is 0.0633 e. The third kappa shape index (κ3) is 2.15. The maximum atomic E-state index is 9.89. The molecule has 0 spiro atoms. The number of likely N-dealkylation sites (N-methyl/N-ethyl adjacent to an activating group) is 1. The molecule has 2 N–H and O–H groups in total. The number of para-hydroxylation sites is 1. The molecule has 1 heterocycles. The van der Waals surface area contributed by atoms with E-state index in [1.165, 1.54) is 24.1 Å². The van der Waals surface area contributed by atoms with Gasteiger partial charge in [0.25, 0.3) is 0 Å². The van der Waals surface area contributed by atoms with Crippen LogP contribution in [0.1, 0.15) is 25.3 Å². The summed E-state index contributed by atoms with van der Waals surface area (Å²) in [5.41, 5.74) is 2.66. The van der Waals surface area contributed by atoms with Crippen molar-refractivity contribution in [2.45, 2.75) is 37.8 Å². The normalized spacial score (nSPS) is 25.2. The number of benzene rings is 1. The van der Waals surface area contributed by atoms with Gasteiger partial charge < -0.3 is 15.3 Å². The van der Waals surface area contributed by atoms with E-state index in [4.69, 9.17) is 0 Å². The summed E-state index contributed by atoms with van der Waals surface area (Å²) in [7, 11) is 1.99. The first-order chi connectivity index (χ1) is 9.20. The quantitative estimate of drug-likeness (QED) is 0.847. The van der Waals surface area contributed by atoms with Gasteiger partial charge in [0.05, 0.1) is 12.1 Å². The molecular formula is C16H24N2O. The minimum Gasteiger partial charge on any atom is -0.394 e. The van der Waals surface area contributed by atoms with Gasteiger partial charge in [-0.2, -0.15) is 0 Å². The lowest BCUT2D eigenvalue weighted by Gasteiger charge is -2.39. The first kappa shape index (κ1) is 12.9. The molecule has 1 saturated carbocycles. The van der Waals surface area contributed by atoms with E-state index in [-0.39, 0.29) is 12.1 Å². The molecule has 2 unspecified atom stereocenters. The van der Waals surface area contributed by atoms with Crippen LogP contribution in [-0.4, -0.2) is 36.9 Å². The Morgan fingerprint density at radius 3 is 2.74 bits per heavy atom. The van der Waals surface area contributed by atoms with Crippen molar-refractivity contribution in [3.63, 3.8) is 0 Å². The molecule has 3 heteroatoms. The lowest BCUT2D eigenvalue weighted by molar-refractivity contribution is 0.150. The number of aliphatic hydroxyl groups excluding tert-OH is 1. The number of aliphatic hydroxyl groups is 1. The molecule has 3 nitrogen and oxygen atoms in total. The van der Waals surface area contributed by atoms with E-state index >= 15 is 0 Å². The number of nitrogens with one attached hydrogen (secondary N) is 1. The first-order valence-corrected chi connectivity index (χ1v) is 7.34. The largest absolute Gasteiger partial charge is 0.394 e. The molecule has 1 fully saturated rings. The summed E-state index contributed by atoms with van der Waals surface area (Å²) >= 11 is 0. The number of rotatable bonds is 5. The van der Waals surface area contributed by atoms with Crippen LogP contribution in [-0.2, 0) is 6.42 Å².